The molecule has 5 nitrogen and oxygen atoms in total. The summed E-state index contributed by atoms with van der Waals surface area (Å²) < 4.78 is 0. The Hall–Kier alpha value is -0.950. The van der Waals surface area contributed by atoms with Crippen LogP contribution in [0.1, 0.15) is 20.3 Å². The molecule has 1 heterocycles. The van der Waals surface area contributed by atoms with Crippen LogP contribution in [0.15, 0.2) is 17.1 Å². The van der Waals surface area contributed by atoms with E-state index in [2.05, 4.69) is 10.3 Å². The third-order valence-electron chi connectivity index (χ3n) is 3.28. The number of carbonyl (C=O) groups is 2. The second kappa shape index (κ2) is 8.43. The normalized spacial score (nSPS) is 19.2. The van der Waals surface area contributed by atoms with Gasteiger partial charge in [0.1, 0.15) is 5.25 Å². The highest BCUT2D eigenvalue weighted by molar-refractivity contribution is 8.15. The van der Waals surface area contributed by atoms with Crippen molar-refractivity contribution in [2.24, 2.45) is 4.99 Å². The fourth-order valence-corrected chi connectivity index (χ4v) is 4.04. The van der Waals surface area contributed by atoms with Gasteiger partial charge in [-0.15, -0.1) is 0 Å². The summed E-state index contributed by atoms with van der Waals surface area (Å²) in [6.45, 7) is 4.89. The summed E-state index contributed by atoms with van der Waals surface area (Å²) in [7, 11) is 0. The highest BCUT2D eigenvalue weighted by Crippen LogP contribution is 2.33. The summed E-state index contributed by atoms with van der Waals surface area (Å²) in [5.41, 5.74) is 0.362. The van der Waals surface area contributed by atoms with Gasteiger partial charge >= 0.3 is 0 Å². The molecule has 0 aromatic heterocycles. The number of hydrogen-bond acceptors (Lipinski definition) is 4. The fourth-order valence-electron chi connectivity index (χ4n) is 2.18. The number of halogens is 3. The number of thioether (sulfide) groups is 1. The van der Waals surface area contributed by atoms with E-state index in [4.69, 9.17) is 34.8 Å². The number of hydrogen-bond donors (Lipinski definition) is 1. The van der Waals surface area contributed by atoms with Gasteiger partial charge in [-0.1, -0.05) is 46.6 Å². The van der Waals surface area contributed by atoms with Gasteiger partial charge in [0, 0.05) is 19.5 Å². The minimum Gasteiger partial charge on any atom is -0.325 e. The van der Waals surface area contributed by atoms with Crippen molar-refractivity contribution < 1.29 is 9.59 Å². The number of anilines is 1. The SMILES string of the molecule is CCN=C1S[C@H](CC(=O)Nc2cc(Cl)c(Cl)cc2Cl)C(=O)N1CC. The van der Waals surface area contributed by atoms with E-state index in [9.17, 15) is 9.59 Å². The first kappa shape index (κ1) is 19.4. The van der Waals surface area contributed by atoms with Gasteiger partial charge in [-0.25, -0.2) is 0 Å². The molecule has 130 valence electrons. The number of aliphatic imine (C=N–C) groups is 1. The lowest BCUT2D eigenvalue weighted by atomic mass is 10.2. The maximum absolute atomic E-state index is 12.4. The molecular formula is C15H16Cl3N3O2S. The van der Waals surface area contributed by atoms with Crippen LogP contribution in [0.25, 0.3) is 0 Å². The number of amides is 2. The van der Waals surface area contributed by atoms with Gasteiger partial charge in [-0.3, -0.25) is 19.5 Å². The van der Waals surface area contributed by atoms with E-state index in [0.717, 1.165) is 0 Å². The molecule has 0 radical (unpaired) electrons. The van der Waals surface area contributed by atoms with Crippen molar-refractivity contribution in [1.82, 2.24) is 4.90 Å². The predicted molar refractivity (Wildman–Crippen MR) is 101 cm³/mol. The highest BCUT2D eigenvalue weighted by Gasteiger charge is 2.38. The molecule has 1 atom stereocenters. The first-order valence-electron chi connectivity index (χ1n) is 7.34. The van der Waals surface area contributed by atoms with Crippen molar-refractivity contribution in [3.05, 3.63) is 27.2 Å². The van der Waals surface area contributed by atoms with Gasteiger partial charge < -0.3 is 5.32 Å². The van der Waals surface area contributed by atoms with Gasteiger partial charge in [0.05, 0.1) is 20.8 Å². The quantitative estimate of drug-likeness (QED) is 0.738. The fraction of sp³-hybridized carbons (Fsp3) is 0.400. The average molecular weight is 409 g/mol. The zero-order valence-corrected chi connectivity index (χ0v) is 16.2. The van der Waals surface area contributed by atoms with Crippen LogP contribution < -0.4 is 5.32 Å². The maximum Gasteiger partial charge on any atom is 0.242 e. The van der Waals surface area contributed by atoms with Gasteiger partial charge in [0.15, 0.2) is 5.17 Å². The van der Waals surface area contributed by atoms with Crippen LogP contribution >= 0.6 is 46.6 Å². The second-order valence-corrected chi connectivity index (χ2v) is 7.34. The second-order valence-electron chi connectivity index (χ2n) is 4.94. The molecule has 2 rings (SSSR count). The molecule has 0 unspecified atom stereocenters. The Labute approximate surface area is 159 Å². The Morgan fingerprint density at radius 3 is 2.54 bits per heavy atom. The molecule has 1 saturated heterocycles. The maximum atomic E-state index is 12.4. The van der Waals surface area contributed by atoms with E-state index in [1.807, 2.05) is 13.8 Å². The van der Waals surface area contributed by atoms with E-state index in [1.165, 1.54) is 23.9 Å². The first-order valence-corrected chi connectivity index (χ1v) is 9.35. The van der Waals surface area contributed by atoms with Crippen LogP contribution in [0.2, 0.25) is 15.1 Å². The Balaban J connectivity index is 2.06. The average Bonchev–Trinajstić information content (AvgIpc) is 2.80. The van der Waals surface area contributed by atoms with Crippen molar-refractivity contribution in [1.29, 1.82) is 0 Å². The smallest absolute Gasteiger partial charge is 0.242 e. The number of rotatable bonds is 5. The minimum atomic E-state index is -0.489. The van der Waals surface area contributed by atoms with E-state index >= 15 is 0 Å². The van der Waals surface area contributed by atoms with E-state index in [1.54, 1.807) is 4.90 Å². The molecule has 1 fully saturated rings. The molecule has 2 amide bonds. The predicted octanol–water partition coefficient (Wildman–Crippen LogP) is 4.32. The van der Waals surface area contributed by atoms with E-state index < -0.39 is 5.25 Å². The first-order chi connectivity index (χ1) is 11.4. The Morgan fingerprint density at radius 2 is 1.92 bits per heavy atom. The summed E-state index contributed by atoms with van der Waals surface area (Å²) in [5, 5.41) is 3.72. The molecule has 9 heteroatoms. The van der Waals surface area contributed by atoms with Gasteiger partial charge in [0.25, 0.3) is 0 Å². The van der Waals surface area contributed by atoms with E-state index in [0.29, 0.717) is 29.0 Å². The number of benzene rings is 1. The van der Waals surface area contributed by atoms with Gasteiger partial charge in [-0.05, 0) is 26.0 Å². The zero-order chi connectivity index (χ0) is 17.9. The largest absolute Gasteiger partial charge is 0.325 e. The molecule has 0 aliphatic carbocycles. The van der Waals surface area contributed by atoms with Crippen LogP contribution in [-0.2, 0) is 9.59 Å². The monoisotopic (exact) mass is 407 g/mol. The Bertz CT molecular complexity index is 697. The minimum absolute atomic E-state index is 0.0271. The van der Waals surface area contributed by atoms with Crippen molar-refractivity contribution in [3.63, 3.8) is 0 Å². The molecule has 0 saturated carbocycles. The Kier molecular flexibility index (Phi) is 6.80. The third kappa shape index (κ3) is 4.36. The zero-order valence-electron chi connectivity index (χ0n) is 13.1. The molecule has 1 N–H and O–H groups in total. The third-order valence-corrected chi connectivity index (χ3v) is 5.53. The Morgan fingerprint density at radius 1 is 1.25 bits per heavy atom. The van der Waals surface area contributed by atoms with Gasteiger partial charge in [-0.2, -0.15) is 0 Å². The van der Waals surface area contributed by atoms with Crippen LogP contribution in [0.3, 0.4) is 0 Å². The van der Waals surface area contributed by atoms with Crippen molar-refractivity contribution >= 4 is 69.2 Å². The lowest BCUT2D eigenvalue weighted by Crippen LogP contribution is -2.33. The molecule has 0 bridgehead atoms. The summed E-state index contributed by atoms with van der Waals surface area (Å²) in [4.78, 5) is 30.5. The molecule has 1 aliphatic heterocycles. The van der Waals surface area contributed by atoms with E-state index in [-0.39, 0.29) is 28.3 Å². The molecule has 1 aromatic rings. The van der Waals surface area contributed by atoms with Crippen LogP contribution in [0.5, 0.6) is 0 Å². The molecule has 1 aromatic carbocycles. The standard InChI is InChI=1S/C15H16Cl3N3O2S/c1-3-19-15-21(4-2)14(23)12(24-15)7-13(22)20-11-6-9(17)8(16)5-10(11)18/h5-6,12H,3-4,7H2,1-2H3,(H,20,22)/t12-/m1/s1. The number of nitrogens with one attached hydrogen (secondary N) is 1. The summed E-state index contributed by atoms with van der Waals surface area (Å²) in [6.07, 6.45) is 0.0271. The number of carbonyl (C=O) groups excluding carboxylic acids is 2. The molecular weight excluding hydrogens is 393 g/mol. The van der Waals surface area contributed by atoms with Crippen LogP contribution in [0, 0.1) is 0 Å². The van der Waals surface area contributed by atoms with Crippen molar-refractivity contribution in [2.45, 2.75) is 25.5 Å². The number of amidine groups is 1. The summed E-state index contributed by atoms with van der Waals surface area (Å²) >= 11 is 19.1. The lowest BCUT2D eigenvalue weighted by Gasteiger charge is -2.13. The van der Waals surface area contributed by atoms with Crippen molar-refractivity contribution in [2.75, 3.05) is 18.4 Å². The summed E-state index contributed by atoms with van der Waals surface area (Å²) in [5.74, 6) is -0.431. The van der Waals surface area contributed by atoms with Crippen molar-refractivity contribution in [3.8, 4) is 0 Å². The molecule has 24 heavy (non-hydrogen) atoms. The number of nitrogens with zero attached hydrogens (tertiary/aromatic N) is 2. The van der Waals surface area contributed by atoms with Crippen LogP contribution in [0.4, 0.5) is 5.69 Å². The van der Waals surface area contributed by atoms with Gasteiger partial charge in [0.2, 0.25) is 11.8 Å². The highest BCUT2D eigenvalue weighted by atomic mass is 35.5. The molecule has 1 aliphatic rings. The topological polar surface area (TPSA) is 61.8 Å². The summed E-state index contributed by atoms with van der Waals surface area (Å²) in [6, 6.07) is 2.94. The lowest BCUT2D eigenvalue weighted by molar-refractivity contribution is -0.128. The van der Waals surface area contributed by atoms with Crippen LogP contribution in [-0.4, -0.2) is 40.2 Å². The molecule has 0 spiro atoms.